The Balaban J connectivity index is 1.41. The SMILES string of the molecule is N#Cc1cccnc1OCC(O)CNCCn1cnc2ccccc21. The number of rotatable bonds is 8. The van der Waals surface area contributed by atoms with Gasteiger partial charge in [-0.25, -0.2) is 9.97 Å². The van der Waals surface area contributed by atoms with E-state index in [1.165, 1.54) is 0 Å². The molecule has 3 rings (SSSR count). The molecule has 1 unspecified atom stereocenters. The van der Waals surface area contributed by atoms with Gasteiger partial charge in [0, 0.05) is 25.8 Å². The van der Waals surface area contributed by atoms with Crippen LogP contribution in [0.4, 0.5) is 0 Å². The maximum Gasteiger partial charge on any atom is 0.231 e. The summed E-state index contributed by atoms with van der Waals surface area (Å²) in [6, 6.07) is 13.3. The Morgan fingerprint density at radius 2 is 2.12 bits per heavy atom. The van der Waals surface area contributed by atoms with Crippen LogP contribution < -0.4 is 10.1 Å². The lowest BCUT2D eigenvalue weighted by atomic mass is 10.3. The van der Waals surface area contributed by atoms with E-state index < -0.39 is 6.10 Å². The van der Waals surface area contributed by atoms with Crippen LogP contribution in [0.5, 0.6) is 5.88 Å². The first-order valence-electron chi connectivity index (χ1n) is 8.04. The molecule has 0 spiro atoms. The van der Waals surface area contributed by atoms with Crippen LogP contribution in [0.25, 0.3) is 11.0 Å². The minimum atomic E-state index is -0.687. The van der Waals surface area contributed by atoms with Crippen LogP contribution in [0.2, 0.25) is 0 Å². The summed E-state index contributed by atoms with van der Waals surface area (Å²) in [5, 5.41) is 22.1. The predicted molar refractivity (Wildman–Crippen MR) is 93.1 cm³/mol. The Bertz CT molecular complexity index is 871. The second-order valence-electron chi connectivity index (χ2n) is 5.56. The molecule has 0 saturated carbocycles. The Morgan fingerprint density at radius 1 is 1.24 bits per heavy atom. The van der Waals surface area contributed by atoms with E-state index in [-0.39, 0.29) is 12.5 Å². The smallest absolute Gasteiger partial charge is 0.231 e. The molecule has 25 heavy (non-hydrogen) atoms. The van der Waals surface area contributed by atoms with Gasteiger partial charge in [-0.1, -0.05) is 12.1 Å². The van der Waals surface area contributed by atoms with Crippen molar-refractivity contribution in [2.45, 2.75) is 12.6 Å². The topological polar surface area (TPSA) is 96.0 Å². The maximum atomic E-state index is 9.99. The molecule has 7 heteroatoms. The van der Waals surface area contributed by atoms with Gasteiger partial charge in [0.15, 0.2) is 0 Å². The molecule has 0 amide bonds. The number of hydrogen-bond donors (Lipinski definition) is 2. The zero-order valence-electron chi connectivity index (χ0n) is 13.7. The molecule has 0 saturated heterocycles. The van der Waals surface area contributed by atoms with Crippen molar-refractivity contribution < 1.29 is 9.84 Å². The van der Waals surface area contributed by atoms with Crippen molar-refractivity contribution in [1.29, 1.82) is 5.26 Å². The van der Waals surface area contributed by atoms with Crippen LogP contribution in [-0.2, 0) is 6.54 Å². The van der Waals surface area contributed by atoms with Gasteiger partial charge in [-0.15, -0.1) is 0 Å². The van der Waals surface area contributed by atoms with Gasteiger partial charge in [0.25, 0.3) is 0 Å². The first-order valence-corrected chi connectivity index (χ1v) is 8.04. The zero-order valence-corrected chi connectivity index (χ0v) is 13.7. The third-order valence-corrected chi connectivity index (χ3v) is 3.74. The van der Waals surface area contributed by atoms with E-state index in [9.17, 15) is 5.11 Å². The van der Waals surface area contributed by atoms with Crippen LogP contribution >= 0.6 is 0 Å². The van der Waals surface area contributed by atoms with Crippen LogP contribution in [-0.4, -0.2) is 45.4 Å². The highest BCUT2D eigenvalue weighted by Crippen LogP contribution is 2.13. The van der Waals surface area contributed by atoms with E-state index >= 15 is 0 Å². The third-order valence-electron chi connectivity index (χ3n) is 3.74. The van der Waals surface area contributed by atoms with E-state index in [0.29, 0.717) is 18.7 Å². The fraction of sp³-hybridized carbons (Fsp3) is 0.278. The molecular weight excluding hydrogens is 318 g/mol. The van der Waals surface area contributed by atoms with E-state index in [2.05, 4.69) is 19.9 Å². The Labute approximate surface area is 145 Å². The largest absolute Gasteiger partial charge is 0.474 e. The third kappa shape index (κ3) is 4.32. The number of nitrogens with zero attached hydrogens (tertiary/aromatic N) is 4. The molecule has 0 bridgehead atoms. The van der Waals surface area contributed by atoms with Gasteiger partial charge in [-0.05, 0) is 24.3 Å². The molecule has 0 aliphatic carbocycles. The van der Waals surface area contributed by atoms with Gasteiger partial charge >= 0.3 is 0 Å². The highest BCUT2D eigenvalue weighted by molar-refractivity contribution is 5.74. The van der Waals surface area contributed by atoms with Crippen molar-refractivity contribution in [3.63, 3.8) is 0 Å². The van der Waals surface area contributed by atoms with Crippen molar-refractivity contribution in [2.24, 2.45) is 0 Å². The molecule has 0 radical (unpaired) electrons. The number of aliphatic hydroxyl groups excluding tert-OH is 1. The van der Waals surface area contributed by atoms with Crippen LogP contribution in [0, 0.1) is 11.3 Å². The molecule has 7 nitrogen and oxygen atoms in total. The summed E-state index contributed by atoms with van der Waals surface area (Å²) in [6.07, 6.45) is 2.68. The van der Waals surface area contributed by atoms with Gasteiger partial charge in [-0.3, -0.25) is 0 Å². The summed E-state index contributed by atoms with van der Waals surface area (Å²) in [4.78, 5) is 8.34. The number of nitriles is 1. The van der Waals surface area contributed by atoms with Crippen molar-refractivity contribution in [3.8, 4) is 11.9 Å². The van der Waals surface area contributed by atoms with Crippen molar-refractivity contribution >= 4 is 11.0 Å². The molecule has 2 aromatic heterocycles. The average molecular weight is 337 g/mol. The number of aliphatic hydroxyl groups is 1. The molecule has 2 heterocycles. The second kappa shape index (κ2) is 8.24. The molecule has 1 aromatic carbocycles. The number of pyridine rings is 1. The van der Waals surface area contributed by atoms with Gasteiger partial charge in [0.1, 0.15) is 24.3 Å². The van der Waals surface area contributed by atoms with E-state index in [1.807, 2.05) is 36.7 Å². The normalized spacial score (nSPS) is 12.0. The van der Waals surface area contributed by atoms with Gasteiger partial charge in [0.2, 0.25) is 5.88 Å². The Hall–Kier alpha value is -2.95. The van der Waals surface area contributed by atoms with Gasteiger partial charge in [0.05, 0.1) is 17.4 Å². The average Bonchev–Trinajstić information content (AvgIpc) is 3.07. The summed E-state index contributed by atoms with van der Waals surface area (Å²) in [6.45, 7) is 1.92. The van der Waals surface area contributed by atoms with E-state index in [4.69, 9.17) is 10.00 Å². The Morgan fingerprint density at radius 3 is 3.00 bits per heavy atom. The second-order valence-corrected chi connectivity index (χ2v) is 5.56. The Kier molecular flexibility index (Phi) is 5.57. The summed E-state index contributed by atoms with van der Waals surface area (Å²) >= 11 is 0. The fourth-order valence-corrected chi connectivity index (χ4v) is 2.48. The number of imidazole rings is 1. The summed E-state index contributed by atoms with van der Waals surface area (Å²) in [7, 11) is 0. The quantitative estimate of drug-likeness (QED) is 0.602. The molecule has 1 atom stereocenters. The summed E-state index contributed by atoms with van der Waals surface area (Å²) < 4.78 is 7.48. The van der Waals surface area contributed by atoms with Crippen molar-refractivity contribution in [2.75, 3.05) is 19.7 Å². The standard InChI is InChI=1S/C18H19N5O2/c19-10-14-4-3-7-21-18(14)25-12-15(24)11-20-8-9-23-13-22-16-5-1-2-6-17(16)23/h1-7,13,15,20,24H,8-9,11-12H2. The predicted octanol–water partition coefficient (Wildman–Crippen LogP) is 1.33. The lowest BCUT2D eigenvalue weighted by molar-refractivity contribution is 0.104. The molecule has 128 valence electrons. The first-order chi connectivity index (χ1) is 12.3. The lowest BCUT2D eigenvalue weighted by Gasteiger charge is -2.13. The van der Waals surface area contributed by atoms with Crippen molar-refractivity contribution in [3.05, 3.63) is 54.5 Å². The molecular formula is C18H19N5O2. The highest BCUT2D eigenvalue weighted by atomic mass is 16.5. The number of ether oxygens (including phenoxy) is 1. The van der Waals surface area contributed by atoms with Crippen LogP contribution in [0.3, 0.4) is 0 Å². The van der Waals surface area contributed by atoms with E-state index in [1.54, 1.807) is 18.3 Å². The van der Waals surface area contributed by atoms with Crippen molar-refractivity contribution in [1.82, 2.24) is 19.9 Å². The number of para-hydroxylation sites is 2. The number of benzene rings is 1. The fourth-order valence-electron chi connectivity index (χ4n) is 2.48. The monoisotopic (exact) mass is 337 g/mol. The first kappa shape index (κ1) is 16.9. The molecule has 0 aliphatic heterocycles. The summed E-state index contributed by atoms with van der Waals surface area (Å²) in [5.74, 6) is 0.244. The number of fused-ring (bicyclic) bond motifs is 1. The number of nitrogens with one attached hydrogen (secondary N) is 1. The molecule has 2 N–H and O–H groups in total. The lowest BCUT2D eigenvalue weighted by Crippen LogP contribution is -2.33. The summed E-state index contributed by atoms with van der Waals surface area (Å²) in [5.41, 5.74) is 2.42. The molecule has 0 aliphatic rings. The highest BCUT2D eigenvalue weighted by Gasteiger charge is 2.09. The van der Waals surface area contributed by atoms with Crippen LogP contribution in [0.1, 0.15) is 5.56 Å². The van der Waals surface area contributed by atoms with Gasteiger partial charge < -0.3 is 19.7 Å². The minimum absolute atomic E-state index is 0.0761. The number of hydrogen-bond acceptors (Lipinski definition) is 6. The molecule has 0 fully saturated rings. The minimum Gasteiger partial charge on any atom is -0.474 e. The zero-order chi connectivity index (χ0) is 17.5. The maximum absolute atomic E-state index is 9.99. The van der Waals surface area contributed by atoms with E-state index in [0.717, 1.165) is 17.6 Å². The van der Waals surface area contributed by atoms with Crippen LogP contribution in [0.15, 0.2) is 48.9 Å². The van der Waals surface area contributed by atoms with Gasteiger partial charge in [-0.2, -0.15) is 5.26 Å². The molecule has 3 aromatic rings. The number of aromatic nitrogens is 3.